The van der Waals surface area contributed by atoms with Gasteiger partial charge in [0, 0.05) is 10.6 Å². The maximum absolute atomic E-state index is 12.1. The Labute approximate surface area is 163 Å². The number of carbonyl (C=O) groups excluding carboxylic acids is 1. The number of esters is 1. The maximum Gasteiger partial charge on any atom is 0.343 e. The summed E-state index contributed by atoms with van der Waals surface area (Å²) in [6.07, 6.45) is 1.77. The number of nitriles is 1. The first-order valence-electron chi connectivity index (χ1n) is 7.68. The van der Waals surface area contributed by atoms with Crippen molar-refractivity contribution >= 4 is 29.3 Å². The Morgan fingerprint density at radius 2 is 1.85 bits per heavy atom. The second-order valence-corrected chi connectivity index (χ2v) is 6.56. The number of hydrogen-bond donors (Lipinski definition) is 1. The third kappa shape index (κ3) is 4.19. The summed E-state index contributed by atoms with van der Waals surface area (Å²) < 4.78 is 5.32. The Morgan fingerprint density at radius 1 is 1.19 bits per heavy atom. The lowest BCUT2D eigenvalue weighted by molar-refractivity contribution is 0.0735. The third-order valence-electron chi connectivity index (χ3n) is 3.62. The topological polar surface area (TPSA) is 95.8 Å². The second kappa shape index (κ2) is 8.08. The fourth-order valence-electron chi connectivity index (χ4n) is 2.29. The van der Waals surface area contributed by atoms with Crippen molar-refractivity contribution in [3.63, 3.8) is 0 Å². The van der Waals surface area contributed by atoms with Crippen LogP contribution in [-0.2, 0) is 0 Å². The summed E-state index contributed by atoms with van der Waals surface area (Å²) in [6, 6.07) is 14.6. The molecule has 0 unspecified atom stereocenters. The first-order valence-corrected chi connectivity index (χ1v) is 9.28. The first-order chi connectivity index (χ1) is 13.0. The number of benzene rings is 2. The fourth-order valence-corrected chi connectivity index (χ4v) is 2.80. The molecule has 0 aliphatic rings. The van der Waals surface area contributed by atoms with Gasteiger partial charge in [-0.05, 0) is 54.8 Å². The van der Waals surface area contributed by atoms with Crippen LogP contribution in [0.2, 0.25) is 5.02 Å². The highest BCUT2D eigenvalue weighted by atomic mass is 35.5. The Hall–Kier alpha value is -3.08. The van der Waals surface area contributed by atoms with E-state index in [-0.39, 0.29) is 11.3 Å². The molecule has 3 aromatic rings. The number of aromatic amines is 1. The van der Waals surface area contributed by atoms with Gasteiger partial charge in [-0.25, -0.2) is 9.78 Å². The standard InChI is InChI=1S/C19H12ClN3O3S/c1-27-19-22-16(15(10-21)17(24)23-19)11-4-8-14(9-5-11)26-18(25)12-2-6-13(20)7-3-12/h2-9H,1H3,(H,22,23,24). The quantitative estimate of drug-likeness (QED) is 0.310. The van der Waals surface area contributed by atoms with E-state index in [2.05, 4.69) is 9.97 Å². The van der Waals surface area contributed by atoms with E-state index in [1.54, 1.807) is 54.8 Å². The van der Waals surface area contributed by atoms with Crippen LogP contribution in [0.1, 0.15) is 15.9 Å². The predicted octanol–water partition coefficient (Wildman–Crippen LogP) is 3.90. The lowest BCUT2D eigenvalue weighted by atomic mass is 10.1. The van der Waals surface area contributed by atoms with Gasteiger partial charge in [-0.3, -0.25) is 4.79 Å². The van der Waals surface area contributed by atoms with Crippen LogP contribution in [0.25, 0.3) is 11.3 Å². The predicted molar refractivity (Wildman–Crippen MR) is 103 cm³/mol. The average Bonchev–Trinajstić information content (AvgIpc) is 2.68. The van der Waals surface area contributed by atoms with Gasteiger partial charge in [0.05, 0.1) is 11.3 Å². The molecule has 0 aliphatic heterocycles. The van der Waals surface area contributed by atoms with Gasteiger partial charge in [-0.1, -0.05) is 23.4 Å². The van der Waals surface area contributed by atoms with Gasteiger partial charge < -0.3 is 9.72 Å². The molecule has 1 N–H and O–H groups in total. The van der Waals surface area contributed by atoms with E-state index < -0.39 is 11.5 Å². The average molecular weight is 398 g/mol. The van der Waals surface area contributed by atoms with Crippen LogP contribution < -0.4 is 10.3 Å². The molecular formula is C19H12ClN3O3S. The third-order valence-corrected chi connectivity index (χ3v) is 4.45. The van der Waals surface area contributed by atoms with Crippen LogP contribution in [0.15, 0.2) is 58.5 Å². The summed E-state index contributed by atoms with van der Waals surface area (Å²) in [4.78, 5) is 31.0. The summed E-state index contributed by atoms with van der Waals surface area (Å²) >= 11 is 7.07. The molecule has 0 radical (unpaired) electrons. The summed E-state index contributed by atoms with van der Waals surface area (Å²) in [6.45, 7) is 0. The molecule has 3 rings (SSSR count). The van der Waals surface area contributed by atoms with Gasteiger partial charge in [-0.2, -0.15) is 5.26 Å². The molecule has 2 aromatic carbocycles. The molecule has 0 saturated carbocycles. The number of thioether (sulfide) groups is 1. The number of hydrogen-bond acceptors (Lipinski definition) is 6. The highest BCUT2D eigenvalue weighted by Gasteiger charge is 2.14. The number of rotatable bonds is 4. The molecule has 134 valence electrons. The van der Waals surface area contributed by atoms with Gasteiger partial charge >= 0.3 is 5.97 Å². The van der Waals surface area contributed by atoms with Crippen molar-refractivity contribution in [2.24, 2.45) is 0 Å². The molecule has 27 heavy (non-hydrogen) atoms. The minimum absolute atomic E-state index is 0.0706. The number of nitrogens with one attached hydrogen (secondary N) is 1. The lowest BCUT2D eigenvalue weighted by Gasteiger charge is -2.07. The Balaban J connectivity index is 1.87. The van der Waals surface area contributed by atoms with E-state index in [9.17, 15) is 14.9 Å². The van der Waals surface area contributed by atoms with Crippen molar-refractivity contribution in [3.05, 3.63) is 75.0 Å². The van der Waals surface area contributed by atoms with E-state index >= 15 is 0 Å². The van der Waals surface area contributed by atoms with Crippen LogP contribution in [0.5, 0.6) is 5.75 Å². The van der Waals surface area contributed by atoms with Gasteiger partial charge in [0.15, 0.2) is 5.16 Å². The largest absolute Gasteiger partial charge is 0.423 e. The zero-order valence-electron chi connectivity index (χ0n) is 14.0. The molecule has 1 aromatic heterocycles. The van der Waals surface area contributed by atoms with E-state index in [4.69, 9.17) is 16.3 Å². The number of halogens is 1. The maximum atomic E-state index is 12.1. The van der Waals surface area contributed by atoms with E-state index in [0.29, 0.717) is 27.1 Å². The van der Waals surface area contributed by atoms with E-state index in [1.807, 2.05) is 6.07 Å². The molecule has 0 saturated heterocycles. The van der Waals surface area contributed by atoms with Crippen LogP contribution >= 0.6 is 23.4 Å². The SMILES string of the molecule is CSc1nc(-c2ccc(OC(=O)c3ccc(Cl)cc3)cc2)c(C#N)c(=O)[nH]1. The molecule has 1 heterocycles. The Morgan fingerprint density at radius 3 is 2.44 bits per heavy atom. The van der Waals surface area contributed by atoms with Crippen molar-refractivity contribution in [1.82, 2.24) is 9.97 Å². The van der Waals surface area contributed by atoms with Crippen molar-refractivity contribution in [2.75, 3.05) is 6.26 Å². The molecule has 0 atom stereocenters. The van der Waals surface area contributed by atoms with Crippen LogP contribution in [-0.4, -0.2) is 22.2 Å². The number of H-pyrrole nitrogens is 1. The number of aromatic nitrogens is 2. The van der Waals surface area contributed by atoms with Gasteiger partial charge in [0.25, 0.3) is 5.56 Å². The first kappa shape index (κ1) is 18.7. The second-order valence-electron chi connectivity index (χ2n) is 5.33. The summed E-state index contributed by atoms with van der Waals surface area (Å²) in [5, 5.41) is 10.2. The monoisotopic (exact) mass is 397 g/mol. The number of carbonyl (C=O) groups is 1. The van der Waals surface area contributed by atoms with E-state index in [1.165, 1.54) is 11.8 Å². The Bertz CT molecular complexity index is 1090. The van der Waals surface area contributed by atoms with Gasteiger partial charge in [0.1, 0.15) is 17.4 Å². The summed E-state index contributed by atoms with van der Waals surface area (Å²) in [7, 11) is 0. The van der Waals surface area contributed by atoms with Crippen LogP contribution in [0.3, 0.4) is 0 Å². The van der Waals surface area contributed by atoms with Crippen molar-refractivity contribution in [1.29, 1.82) is 5.26 Å². The summed E-state index contributed by atoms with van der Waals surface area (Å²) in [5.41, 5.74) is 0.653. The van der Waals surface area contributed by atoms with Crippen molar-refractivity contribution in [2.45, 2.75) is 5.16 Å². The highest BCUT2D eigenvalue weighted by molar-refractivity contribution is 7.98. The van der Waals surface area contributed by atoms with E-state index in [0.717, 1.165) is 0 Å². The molecule has 8 heteroatoms. The number of nitrogens with zero attached hydrogens (tertiary/aromatic N) is 2. The molecule has 0 spiro atoms. The summed E-state index contributed by atoms with van der Waals surface area (Å²) in [5.74, 6) is -0.191. The fraction of sp³-hybridized carbons (Fsp3) is 0.0526. The smallest absolute Gasteiger partial charge is 0.343 e. The zero-order chi connectivity index (χ0) is 19.4. The highest BCUT2D eigenvalue weighted by Crippen LogP contribution is 2.24. The molecule has 0 bridgehead atoms. The minimum Gasteiger partial charge on any atom is -0.423 e. The molecule has 6 nitrogen and oxygen atoms in total. The lowest BCUT2D eigenvalue weighted by Crippen LogP contribution is -2.14. The molecule has 0 fully saturated rings. The molecule has 0 aliphatic carbocycles. The van der Waals surface area contributed by atoms with Crippen molar-refractivity contribution < 1.29 is 9.53 Å². The minimum atomic E-state index is -0.518. The van der Waals surface area contributed by atoms with Gasteiger partial charge in [0.2, 0.25) is 0 Å². The number of ether oxygens (including phenoxy) is 1. The van der Waals surface area contributed by atoms with Gasteiger partial charge in [-0.15, -0.1) is 0 Å². The Kier molecular flexibility index (Phi) is 5.60. The van der Waals surface area contributed by atoms with Crippen molar-refractivity contribution in [3.8, 4) is 23.1 Å². The molecular weight excluding hydrogens is 386 g/mol. The normalized spacial score (nSPS) is 10.3. The molecule has 0 amide bonds. The van der Waals surface area contributed by atoms with Crippen LogP contribution in [0.4, 0.5) is 0 Å². The zero-order valence-corrected chi connectivity index (χ0v) is 15.6. The van der Waals surface area contributed by atoms with Crippen LogP contribution in [0, 0.1) is 11.3 Å².